The zero-order valence-electron chi connectivity index (χ0n) is 48.7. The van der Waals surface area contributed by atoms with E-state index < -0.39 is 0 Å². The molecule has 12 aromatic carbocycles. The van der Waals surface area contributed by atoms with E-state index in [1.807, 2.05) is 0 Å². The van der Waals surface area contributed by atoms with E-state index in [2.05, 4.69) is 314 Å². The van der Waals surface area contributed by atoms with Gasteiger partial charge in [-0.1, -0.05) is 222 Å². The van der Waals surface area contributed by atoms with Crippen molar-refractivity contribution < 1.29 is 0 Å². The predicted octanol–water partition coefficient (Wildman–Crippen LogP) is 21.0. The van der Waals surface area contributed by atoms with Gasteiger partial charge in [0.05, 0.1) is 44.5 Å². The third-order valence-corrected chi connectivity index (χ3v) is 19.5. The molecule has 0 atom stereocenters. The molecule has 5 nitrogen and oxygen atoms in total. The van der Waals surface area contributed by atoms with Crippen LogP contribution in [0.4, 0.5) is 0 Å². The van der Waals surface area contributed by atoms with Crippen LogP contribution < -0.4 is 0 Å². The summed E-state index contributed by atoms with van der Waals surface area (Å²) in [5.74, 6) is 0.619. The summed E-state index contributed by atoms with van der Waals surface area (Å²) >= 11 is 0. The quantitative estimate of drug-likeness (QED) is 0.160. The maximum atomic E-state index is 5.45. The lowest BCUT2D eigenvalue weighted by Crippen LogP contribution is -2.15. The normalized spacial score (nSPS) is 13.7. The van der Waals surface area contributed by atoms with E-state index in [0.29, 0.717) is 5.95 Å². The second-order valence-electron chi connectivity index (χ2n) is 24.9. The molecule has 16 aromatic rings. The lowest BCUT2D eigenvalue weighted by molar-refractivity contribution is 0.660. The molecule has 4 heterocycles. The number of fused-ring (bicyclic) bond motifs is 15. The first-order chi connectivity index (χ1) is 42.6. The summed E-state index contributed by atoms with van der Waals surface area (Å²) in [5, 5.41) is 7.18. The van der Waals surface area contributed by atoms with E-state index in [9.17, 15) is 0 Å². The summed E-state index contributed by atoms with van der Waals surface area (Å²) in [4.78, 5) is 10.9. The SMILES string of the molecule is CC1(C)c2ccccc2-c2ccc(-n3c4ccccc4c4ccc(-c5ccc6c(c5)c5cc(-c7ccc8c9ccccc9n(-c9ccc%10c(c9)C(C)(C)c9ccccc9-%10)c8c7)ccc5n6-c5nc(-c6ccccc6)cc(-c6ccccc6)n5)cc43)cc21. The van der Waals surface area contributed by atoms with Gasteiger partial charge >= 0.3 is 0 Å². The standard InChI is InChI=1S/C82H57N5/c1-81(2)68-27-15-11-23-58(68)60-39-35-56(47-70(60)81)85-74-29-17-13-25-62(74)64-37-31-54(45-78(64)85)52-33-41-76-66(43-52)67-44-53(34-42-77(67)87(76)80-83-72(50-19-7-5-8-20-50)49-73(84-80)51-21-9-6-10-22-51)55-32-38-65-63-26-14-18-30-75(63)86(79(65)46-55)57-36-40-61-59-24-12-16-28-69(59)82(3,4)71(61)48-57/h5-49H,1-4H3. The van der Waals surface area contributed by atoms with Crippen molar-refractivity contribution in [3.8, 4) is 84.3 Å². The largest absolute Gasteiger partial charge is 0.309 e. The van der Waals surface area contributed by atoms with Crippen molar-refractivity contribution in [1.29, 1.82) is 0 Å². The van der Waals surface area contributed by atoms with Crippen LogP contribution >= 0.6 is 0 Å². The molecule has 0 radical (unpaired) electrons. The van der Waals surface area contributed by atoms with E-state index in [1.165, 1.54) is 88.1 Å². The zero-order valence-corrected chi connectivity index (χ0v) is 48.7. The van der Waals surface area contributed by atoms with Crippen molar-refractivity contribution >= 4 is 65.4 Å². The van der Waals surface area contributed by atoms with Crippen LogP contribution in [0.2, 0.25) is 0 Å². The number of benzene rings is 12. The van der Waals surface area contributed by atoms with Gasteiger partial charge in [0.2, 0.25) is 5.95 Å². The van der Waals surface area contributed by atoms with E-state index in [-0.39, 0.29) is 10.8 Å². The molecule has 0 unspecified atom stereocenters. The van der Waals surface area contributed by atoms with Crippen LogP contribution in [0.25, 0.3) is 150 Å². The van der Waals surface area contributed by atoms with E-state index >= 15 is 0 Å². The number of hydrogen-bond donors (Lipinski definition) is 0. The van der Waals surface area contributed by atoms with Crippen molar-refractivity contribution in [1.82, 2.24) is 23.7 Å². The lowest BCUT2D eigenvalue weighted by atomic mass is 9.82. The van der Waals surface area contributed by atoms with Crippen molar-refractivity contribution in [3.05, 3.63) is 295 Å². The third-order valence-electron chi connectivity index (χ3n) is 19.5. The maximum absolute atomic E-state index is 5.45. The van der Waals surface area contributed by atoms with Crippen LogP contribution in [0.1, 0.15) is 49.9 Å². The summed E-state index contributed by atoms with van der Waals surface area (Å²) < 4.78 is 7.23. The van der Waals surface area contributed by atoms with Gasteiger partial charge in [0.15, 0.2) is 0 Å². The molecule has 0 aliphatic heterocycles. The Hall–Kier alpha value is -10.9. The molecule has 0 amide bonds. The molecule has 18 rings (SSSR count). The van der Waals surface area contributed by atoms with Crippen LogP contribution in [0.5, 0.6) is 0 Å². The minimum Gasteiger partial charge on any atom is -0.309 e. The molecule has 87 heavy (non-hydrogen) atoms. The molecule has 0 bridgehead atoms. The van der Waals surface area contributed by atoms with Crippen LogP contribution in [0.3, 0.4) is 0 Å². The fourth-order valence-corrected chi connectivity index (χ4v) is 15.2. The molecule has 2 aliphatic carbocycles. The number of nitrogens with zero attached hydrogens (tertiary/aromatic N) is 5. The minimum absolute atomic E-state index is 0.127. The van der Waals surface area contributed by atoms with Gasteiger partial charge < -0.3 is 9.13 Å². The molecule has 0 saturated carbocycles. The Morgan fingerprint density at radius 3 is 1.08 bits per heavy atom. The molecule has 4 aromatic heterocycles. The second-order valence-corrected chi connectivity index (χ2v) is 24.9. The first-order valence-corrected chi connectivity index (χ1v) is 30.3. The van der Waals surface area contributed by atoms with Gasteiger partial charge in [0, 0.05) is 65.6 Å². The fourth-order valence-electron chi connectivity index (χ4n) is 15.2. The van der Waals surface area contributed by atoms with E-state index in [4.69, 9.17) is 9.97 Å². The van der Waals surface area contributed by atoms with E-state index in [1.54, 1.807) is 0 Å². The molecular weight excluding hydrogens is 1050 g/mol. The summed E-state index contributed by atoms with van der Waals surface area (Å²) in [6.45, 7) is 9.46. The summed E-state index contributed by atoms with van der Waals surface area (Å²) in [6.07, 6.45) is 0. The Morgan fingerprint density at radius 2 is 0.609 bits per heavy atom. The van der Waals surface area contributed by atoms with Crippen LogP contribution in [0.15, 0.2) is 273 Å². The van der Waals surface area contributed by atoms with Crippen molar-refractivity contribution in [2.45, 2.75) is 38.5 Å². The smallest absolute Gasteiger partial charge is 0.235 e. The monoisotopic (exact) mass is 1110 g/mol. The number of rotatable bonds is 7. The first-order valence-electron chi connectivity index (χ1n) is 30.3. The molecule has 2 aliphatic rings. The highest BCUT2D eigenvalue weighted by atomic mass is 15.2. The topological polar surface area (TPSA) is 40.6 Å². The fraction of sp³-hybridized carbons (Fsp3) is 0.0732. The van der Waals surface area contributed by atoms with Gasteiger partial charge in [-0.05, 0) is 146 Å². The highest BCUT2D eigenvalue weighted by Crippen LogP contribution is 2.52. The number of hydrogen-bond acceptors (Lipinski definition) is 2. The minimum atomic E-state index is -0.127. The van der Waals surface area contributed by atoms with Crippen LogP contribution in [0, 0.1) is 0 Å². The van der Waals surface area contributed by atoms with E-state index in [0.717, 1.165) is 77.9 Å². The molecule has 410 valence electrons. The highest BCUT2D eigenvalue weighted by molar-refractivity contribution is 6.14. The summed E-state index contributed by atoms with van der Waals surface area (Å²) in [7, 11) is 0. The first kappa shape index (κ1) is 49.5. The Morgan fingerprint density at radius 1 is 0.241 bits per heavy atom. The zero-order chi connectivity index (χ0) is 57.9. The average molecular weight is 1110 g/mol. The Balaban J connectivity index is 0.838. The van der Waals surface area contributed by atoms with Crippen molar-refractivity contribution in [2.24, 2.45) is 0 Å². The van der Waals surface area contributed by atoms with Crippen molar-refractivity contribution in [3.63, 3.8) is 0 Å². The van der Waals surface area contributed by atoms with Gasteiger partial charge in [0.25, 0.3) is 0 Å². The Bertz CT molecular complexity index is 5240. The lowest BCUT2D eigenvalue weighted by Gasteiger charge is -2.22. The van der Waals surface area contributed by atoms with Gasteiger partial charge in [-0.25, -0.2) is 9.97 Å². The molecule has 0 spiro atoms. The molecule has 0 fully saturated rings. The number of para-hydroxylation sites is 2. The maximum Gasteiger partial charge on any atom is 0.235 e. The average Bonchev–Trinajstić information content (AvgIpc) is 1.99. The van der Waals surface area contributed by atoms with Crippen LogP contribution in [-0.4, -0.2) is 23.7 Å². The predicted molar refractivity (Wildman–Crippen MR) is 362 cm³/mol. The van der Waals surface area contributed by atoms with Gasteiger partial charge in [-0.15, -0.1) is 0 Å². The Kier molecular flexibility index (Phi) is 10.4. The Labute approximate surface area is 504 Å². The summed E-state index contributed by atoms with van der Waals surface area (Å²) in [6, 6.07) is 101. The van der Waals surface area contributed by atoms with Crippen molar-refractivity contribution in [2.75, 3.05) is 0 Å². The summed E-state index contributed by atoms with van der Waals surface area (Å²) in [5.41, 5.74) is 28.0. The highest BCUT2D eigenvalue weighted by Gasteiger charge is 2.37. The third kappa shape index (κ3) is 7.27. The van der Waals surface area contributed by atoms with Gasteiger partial charge in [0.1, 0.15) is 0 Å². The second kappa shape index (κ2) is 18.3. The molecule has 5 heteroatoms. The molecule has 0 N–H and O–H groups in total. The molecule has 0 saturated heterocycles. The van der Waals surface area contributed by atoms with Gasteiger partial charge in [-0.2, -0.15) is 0 Å². The van der Waals surface area contributed by atoms with Gasteiger partial charge in [-0.3, -0.25) is 4.57 Å². The molecular formula is C82H57N5. The van der Waals surface area contributed by atoms with Crippen LogP contribution in [-0.2, 0) is 10.8 Å². The number of aromatic nitrogens is 5.